The third-order valence-corrected chi connectivity index (χ3v) is 6.41. The molecule has 2 aliphatic carbocycles. The standard InChI is InChI=1S/C13H20O2S3/c1-17-12(14)9-3-5-11(7-9)18-13(15)8-2-4-10(16)6-8/h8-11,16H,2-7H2,1H3/p-1/t8-,9-,10+,11+/m1/s1. The largest absolute Gasteiger partial charge is 0.789 e. The number of thioether (sulfide) groups is 2. The van der Waals surface area contributed by atoms with Crippen LogP contribution in [0.2, 0.25) is 0 Å². The maximum atomic E-state index is 12.1. The lowest BCUT2D eigenvalue weighted by molar-refractivity contribution is -0.115. The molecule has 0 aromatic heterocycles. The second kappa shape index (κ2) is 6.71. The monoisotopic (exact) mass is 303 g/mol. The first-order valence-corrected chi connectivity index (χ1v) is 9.12. The van der Waals surface area contributed by atoms with E-state index in [0.717, 1.165) is 38.5 Å². The molecule has 0 heterocycles. The van der Waals surface area contributed by atoms with Crippen LogP contribution in [0.4, 0.5) is 0 Å². The van der Waals surface area contributed by atoms with E-state index in [1.54, 1.807) is 0 Å². The molecule has 18 heavy (non-hydrogen) atoms. The normalized spacial score (nSPS) is 35.9. The average Bonchev–Trinajstić information content (AvgIpc) is 2.97. The van der Waals surface area contributed by atoms with Crippen LogP contribution < -0.4 is 0 Å². The van der Waals surface area contributed by atoms with Gasteiger partial charge in [-0.2, -0.15) is 5.25 Å². The third-order valence-electron chi connectivity index (χ3n) is 3.92. The van der Waals surface area contributed by atoms with E-state index in [9.17, 15) is 9.59 Å². The van der Waals surface area contributed by atoms with Gasteiger partial charge in [-0.05, 0) is 31.9 Å². The Balaban J connectivity index is 1.77. The van der Waals surface area contributed by atoms with E-state index >= 15 is 0 Å². The van der Waals surface area contributed by atoms with Crippen molar-refractivity contribution in [2.75, 3.05) is 6.26 Å². The molecular weight excluding hydrogens is 284 g/mol. The maximum Gasteiger partial charge on any atom is 0.192 e. The van der Waals surface area contributed by atoms with Gasteiger partial charge in [0.05, 0.1) is 0 Å². The molecular formula is C13H19O2S3-. The van der Waals surface area contributed by atoms with Crippen LogP contribution in [0.3, 0.4) is 0 Å². The van der Waals surface area contributed by atoms with E-state index in [-0.39, 0.29) is 17.0 Å². The van der Waals surface area contributed by atoms with Crippen molar-refractivity contribution in [2.24, 2.45) is 11.8 Å². The molecule has 0 amide bonds. The summed E-state index contributed by atoms with van der Waals surface area (Å²) in [7, 11) is 0. The van der Waals surface area contributed by atoms with Gasteiger partial charge in [-0.25, -0.2) is 0 Å². The highest BCUT2D eigenvalue weighted by Crippen LogP contribution is 2.39. The minimum absolute atomic E-state index is 0.181. The second-order valence-corrected chi connectivity index (χ2v) is 8.01. The Bertz CT molecular complexity index is 332. The Morgan fingerprint density at radius 2 is 1.67 bits per heavy atom. The van der Waals surface area contributed by atoms with Gasteiger partial charge in [0.2, 0.25) is 0 Å². The molecule has 2 rings (SSSR count). The van der Waals surface area contributed by atoms with Crippen molar-refractivity contribution in [1.29, 1.82) is 0 Å². The smallest absolute Gasteiger partial charge is 0.192 e. The number of rotatable bonds is 3. The molecule has 102 valence electrons. The number of hydrogen-bond acceptors (Lipinski definition) is 5. The van der Waals surface area contributed by atoms with E-state index in [2.05, 4.69) is 0 Å². The maximum absolute atomic E-state index is 12.1. The van der Waals surface area contributed by atoms with Crippen molar-refractivity contribution in [3.63, 3.8) is 0 Å². The van der Waals surface area contributed by atoms with Crippen LogP contribution in [0.25, 0.3) is 0 Å². The molecule has 5 heteroatoms. The fourth-order valence-electron chi connectivity index (χ4n) is 2.84. The van der Waals surface area contributed by atoms with Crippen LogP contribution in [0, 0.1) is 11.8 Å². The molecule has 0 aliphatic heterocycles. The van der Waals surface area contributed by atoms with Gasteiger partial charge in [-0.1, -0.05) is 36.4 Å². The molecule has 2 nitrogen and oxygen atoms in total. The van der Waals surface area contributed by atoms with Crippen molar-refractivity contribution >= 4 is 46.4 Å². The fraction of sp³-hybridized carbons (Fsp3) is 0.846. The molecule has 0 spiro atoms. The molecule has 2 aliphatic rings. The minimum Gasteiger partial charge on any atom is -0.789 e. The van der Waals surface area contributed by atoms with Gasteiger partial charge in [-0.15, -0.1) is 0 Å². The molecule has 0 bridgehead atoms. The highest BCUT2D eigenvalue weighted by molar-refractivity contribution is 8.14. The summed E-state index contributed by atoms with van der Waals surface area (Å²) in [6, 6.07) is 0. The van der Waals surface area contributed by atoms with Gasteiger partial charge in [-0.3, -0.25) is 9.59 Å². The highest BCUT2D eigenvalue weighted by Gasteiger charge is 2.33. The quantitative estimate of drug-likeness (QED) is 0.749. The van der Waals surface area contributed by atoms with E-state index < -0.39 is 0 Å². The van der Waals surface area contributed by atoms with Gasteiger partial charge < -0.3 is 12.6 Å². The van der Waals surface area contributed by atoms with Gasteiger partial charge in [0.1, 0.15) is 0 Å². The summed E-state index contributed by atoms with van der Waals surface area (Å²) < 4.78 is 0. The van der Waals surface area contributed by atoms with Crippen molar-refractivity contribution in [3.8, 4) is 0 Å². The predicted octanol–water partition coefficient (Wildman–Crippen LogP) is 3.02. The lowest BCUT2D eigenvalue weighted by Crippen LogP contribution is -2.13. The van der Waals surface area contributed by atoms with E-state index in [4.69, 9.17) is 12.6 Å². The third kappa shape index (κ3) is 3.70. The first-order valence-electron chi connectivity index (χ1n) is 6.54. The summed E-state index contributed by atoms with van der Waals surface area (Å²) in [5.74, 6) is 0.369. The van der Waals surface area contributed by atoms with E-state index in [1.807, 2.05) is 6.26 Å². The highest BCUT2D eigenvalue weighted by atomic mass is 32.2. The zero-order valence-corrected chi connectivity index (χ0v) is 13.0. The molecule has 0 saturated heterocycles. The summed E-state index contributed by atoms with van der Waals surface area (Å²) in [6.07, 6.45) is 7.58. The molecule has 0 aromatic carbocycles. The zero-order valence-electron chi connectivity index (χ0n) is 10.6. The second-order valence-electron chi connectivity index (χ2n) is 5.22. The minimum atomic E-state index is 0.181. The van der Waals surface area contributed by atoms with Crippen LogP contribution in [0.15, 0.2) is 0 Å². The molecule has 4 atom stereocenters. The first-order chi connectivity index (χ1) is 8.60. The molecule has 0 radical (unpaired) electrons. The topological polar surface area (TPSA) is 34.1 Å². The van der Waals surface area contributed by atoms with Gasteiger partial charge in [0, 0.05) is 17.1 Å². The van der Waals surface area contributed by atoms with E-state index in [1.165, 1.54) is 23.5 Å². The van der Waals surface area contributed by atoms with Crippen LogP contribution in [-0.2, 0) is 22.2 Å². The summed E-state index contributed by atoms with van der Waals surface area (Å²) in [6.45, 7) is 0. The average molecular weight is 303 g/mol. The Labute approximate surface area is 123 Å². The fourth-order valence-corrected chi connectivity index (χ4v) is 5.08. The summed E-state index contributed by atoms with van der Waals surface area (Å²) in [4.78, 5) is 23.7. The molecule has 2 saturated carbocycles. The molecule has 2 fully saturated rings. The van der Waals surface area contributed by atoms with Crippen LogP contribution in [0.1, 0.15) is 38.5 Å². The lowest BCUT2D eigenvalue weighted by Gasteiger charge is -2.15. The number of carbonyl (C=O) groups is 2. The van der Waals surface area contributed by atoms with Crippen molar-refractivity contribution < 1.29 is 9.59 Å². The Kier molecular flexibility index (Phi) is 5.51. The van der Waals surface area contributed by atoms with Crippen molar-refractivity contribution in [3.05, 3.63) is 0 Å². The molecule has 0 aromatic rings. The Morgan fingerprint density at radius 3 is 2.28 bits per heavy atom. The zero-order chi connectivity index (χ0) is 13.1. The Hall–Kier alpha value is 0.390. The SMILES string of the molecule is CSC(=O)[C@@H]1CC[C@H](SC(=O)[C@@H]2CC[C@H]([S-])C2)C1. The first kappa shape index (κ1) is 14.8. The van der Waals surface area contributed by atoms with Crippen LogP contribution in [-0.4, -0.2) is 27.0 Å². The lowest BCUT2D eigenvalue weighted by atomic mass is 10.1. The molecule has 0 unspecified atom stereocenters. The number of carbonyl (C=O) groups excluding carboxylic acids is 2. The van der Waals surface area contributed by atoms with Gasteiger partial charge in [0.15, 0.2) is 10.2 Å². The van der Waals surface area contributed by atoms with Crippen LogP contribution in [0.5, 0.6) is 0 Å². The summed E-state index contributed by atoms with van der Waals surface area (Å²) >= 11 is 8.05. The van der Waals surface area contributed by atoms with Crippen molar-refractivity contribution in [2.45, 2.75) is 49.0 Å². The predicted molar refractivity (Wildman–Crippen MR) is 80.7 cm³/mol. The van der Waals surface area contributed by atoms with Gasteiger partial charge in [0.25, 0.3) is 0 Å². The number of hydrogen-bond donors (Lipinski definition) is 0. The van der Waals surface area contributed by atoms with Gasteiger partial charge >= 0.3 is 0 Å². The summed E-state index contributed by atoms with van der Waals surface area (Å²) in [5, 5.41) is 1.28. The molecule has 0 N–H and O–H groups in total. The van der Waals surface area contributed by atoms with E-state index in [0.29, 0.717) is 15.6 Å². The Morgan fingerprint density at radius 1 is 1.00 bits per heavy atom. The van der Waals surface area contributed by atoms with Crippen LogP contribution >= 0.6 is 23.5 Å². The summed E-state index contributed by atoms with van der Waals surface area (Å²) in [5.41, 5.74) is 0. The van der Waals surface area contributed by atoms with Crippen molar-refractivity contribution in [1.82, 2.24) is 0 Å².